The molecule has 226 valence electrons. The molecular weight excluding hydrogens is 595 g/mol. The van der Waals surface area contributed by atoms with E-state index in [-0.39, 0.29) is 23.7 Å². The first kappa shape index (κ1) is 31.7. The lowest BCUT2D eigenvalue weighted by atomic mass is 10.1. The summed E-state index contributed by atoms with van der Waals surface area (Å²) in [5, 5.41) is 2.99. The Balaban J connectivity index is 1.59. The zero-order valence-corrected chi connectivity index (χ0v) is 25.6. The van der Waals surface area contributed by atoms with Crippen LogP contribution in [0, 0.1) is 0 Å². The first-order chi connectivity index (χ1) is 20.7. The molecule has 3 aromatic carbocycles. The standard InChI is InChI=1S/C32H32Cl2N2O7/c1-4-13-42-26-12-11-20(16-27(26)40-5-2)18-36-31(38)23(30(37)35-32(36)39)14-21-15-25(34)29(28(17-21)41-6-3)43-19-22-9-7-8-10-24(22)33/h7-12,14-17H,4-6,13,18-19H2,1-3H3,(H,35,37,39)/b23-14+. The molecule has 0 unspecified atom stereocenters. The van der Waals surface area contributed by atoms with Crippen molar-refractivity contribution in [2.24, 2.45) is 0 Å². The van der Waals surface area contributed by atoms with Gasteiger partial charge in [0.1, 0.15) is 12.2 Å². The van der Waals surface area contributed by atoms with E-state index in [0.29, 0.717) is 59.0 Å². The van der Waals surface area contributed by atoms with E-state index in [9.17, 15) is 14.4 Å². The molecule has 43 heavy (non-hydrogen) atoms. The van der Waals surface area contributed by atoms with Crippen molar-refractivity contribution in [3.8, 4) is 23.0 Å². The highest BCUT2D eigenvalue weighted by atomic mass is 35.5. The fourth-order valence-electron chi connectivity index (χ4n) is 4.28. The number of barbiturate groups is 1. The van der Waals surface area contributed by atoms with Gasteiger partial charge in [0.15, 0.2) is 23.0 Å². The van der Waals surface area contributed by atoms with E-state index in [1.807, 2.05) is 32.0 Å². The number of amides is 4. The van der Waals surface area contributed by atoms with Crippen molar-refractivity contribution < 1.29 is 33.3 Å². The quantitative estimate of drug-likeness (QED) is 0.164. The van der Waals surface area contributed by atoms with E-state index in [2.05, 4.69) is 5.32 Å². The minimum Gasteiger partial charge on any atom is -0.490 e. The summed E-state index contributed by atoms with van der Waals surface area (Å²) >= 11 is 12.8. The smallest absolute Gasteiger partial charge is 0.331 e. The highest BCUT2D eigenvalue weighted by Crippen LogP contribution is 2.38. The van der Waals surface area contributed by atoms with Crippen LogP contribution in [0.4, 0.5) is 4.79 Å². The Morgan fingerprint density at radius 1 is 0.814 bits per heavy atom. The van der Waals surface area contributed by atoms with Crippen LogP contribution in [0.5, 0.6) is 23.0 Å². The molecule has 1 saturated heterocycles. The SMILES string of the molecule is CCCOc1ccc(CN2C(=O)NC(=O)/C(=C\c3cc(Cl)c(OCc4ccccc4Cl)c(OCC)c3)C2=O)cc1OCC. The lowest BCUT2D eigenvalue weighted by Crippen LogP contribution is -2.53. The lowest BCUT2D eigenvalue weighted by molar-refractivity contribution is -0.130. The predicted molar refractivity (Wildman–Crippen MR) is 164 cm³/mol. The van der Waals surface area contributed by atoms with Crippen molar-refractivity contribution >= 4 is 47.1 Å². The number of carbonyl (C=O) groups excluding carboxylic acids is 3. The molecule has 1 fully saturated rings. The molecule has 9 nitrogen and oxygen atoms in total. The molecule has 3 aromatic rings. The van der Waals surface area contributed by atoms with Gasteiger partial charge in [-0.1, -0.05) is 54.4 Å². The molecule has 1 aliphatic heterocycles. The molecule has 0 spiro atoms. The third kappa shape index (κ3) is 7.80. The second-order valence-corrected chi connectivity index (χ2v) is 10.2. The summed E-state index contributed by atoms with van der Waals surface area (Å²) in [6.45, 7) is 6.94. The molecule has 0 atom stereocenters. The minimum absolute atomic E-state index is 0.0941. The Kier molecular flexibility index (Phi) is 10.9. The molecular formula is C32H32Cl2N2O7. The average molecular weight is 628 g/mol. The monoisotopic (exact) mass is 626 g/mol. The average Bonchev–Trinajstić information content (AvgIpc) is 2.98. The van der Waals surface area contributed by atoms with Crippen molar-refractivity contribution in [2.45, 2.75) is 40.3 Å². The highest BCUT2D eigenvalue weighted by molar-refractivity contribution is 6.33. The first-order valence-corrected chi connectivity index (χ1v) is 14.6. The van der Waals surface area contributed by atoms with Crippen LogP contribution in [-0.2, 0) is 22.7 Å². The van der Waals surface area contributed by atoms with Crippen molar-refractivity contribution in [1.82, 2.24) is 10.2 Å². The van der Waals surface area contributed by atoms with Crippen LogP contribution in [0.1, 0.15) is 43.9 Å². The number of rotatable bonds is 13. The summed E-state index contributed by atoms with van der Waals surface area (Å²) in [6, 6.07) is 14.8. The number of benzene rings is 3. The van der Waals surface area contributed by atoms with Crippen LogP contribution in [-0.4, -0.2) is 42.6 Å². The fraction of sp³-hybridized carbons (Fsp3) is 0.281. The second-order valence-electron chi connectivity index (χ2n) is 9.41. The maximum atomic E-state index is 13.4. The number of hydrogen-bond donors (Lipinski definition) is 1. The summed E-state index contributed by atoms with van der Waals surface area (Å²) in [5.41, 5.74) is 1.55. The van der Waals surface area contributed by atoms with Crippen molar-refractivity contribution in [3.63, 3.8) is 0 Å². The Morgan fingerprint density at radius 3 is 2.28 bits per heavy atom. The number of imide groups is 2. The molecule has 0 aromatic heterocycles. The molecule has 4 amide bonds. The number of urea groups is 1. The number of hydrogen-bond acceptors (Lipinski definition) is 7. The first-order valence-electron chi connectivity index (χ1n) is 13.9. The van der Waals surface area contributed by atoms with Gasteiger partial charge in [-0.2, -0.15) is 0 Å². The van der Waals surface area contributed by atoms with Crippen LogP contribution < -0.4 is 24.3 Å². The number of ether oxygens (including phenoxy) is 4. The molecule has 4 rings (SSSR count). The maximum Gasteiger partial charge on any atom is 0.331 e. The zero-order valence-electron chi connectivity index (χ0n) is 24.1. The van der Waals surface area contributed by atoms with Crippen LogP contribution in [0.3, 0.4) is 0 Å². The number of halogens is 2. The second kappa shape index (κ2) is 14.8. The Morgan fingerprint density at radius 2 is 1.56 bits per heavy atom. The van der Waals surface area contributed by atoms with E-state index in [4.69, 9.17) is 42.1 Å². The van der Waals surface area contributed by atoms with Crippen LogP contribution in [0.15, 0.2) is 60.2 Å². The summed E-state index contributed by atoms with van der Waals surface area (Å²) in [4.78, 5) is 39.9. The maximum absolute atomic E-state index is 13.4. The van der Waals surface area contributed by atoms with Crippen LogP contribution >= 0.6 is 23.2 Å². The van der Waals surface area contributed by atoms with E-state index >= 15 is 0 Å². The number of carbonyl (C=O) groups is 3. The Hall–Kier alpha value is -4.21. The highest BCUT2D eigenvalue weighted by Gasteiger charge is 2.36. The van der Waals surface area contributed by atoms with E-state index < -0.39 is 17.8 Å². The number of nitrogens with one attached hydrogen (secondary N) is 1. The van der Waals surface area contributed by atoms with Gasteiger partial charge in [-0.3, -0.25) is 19.8 Å². The normalized spacial score (nSPS) is 14.1. The lowest BCUT2D eigenvalue weighted by Gasteiger charge is -2.26. The minimum atomic E-state index is -0.826. The summed E-state index contributed by atoms with van der Waals surface area (Å²) in [6.07, 6.45) is 2.19. The van der Waals surface area contributed by atoms with Gasteiger partial charge in [0.2, 0.25) is 0 Å². The topological polar surface area (TPSA) is 103 Å². The molecule has 11 heteroatoms. The van der Waals surface area contributed by atoms with Gasteiger partial charge in [-0.05, 0) is 67.8 Å². The molecule has 0 bridgehead atoms. The summed E-state index contributed by atoms with van der Waals surface area (Å²) in [5.74, 6) is 0.0977. The number of nitrogens with zero attached hydrogens (tertiary/aromatic N) is 1. The van der Waals surface area contributed by atoms with E-state index in [1.54, 1.807) is 43.3 Å². The Bertz CT molecular complexity index is 1540. The summed E-state index contributed by atoms with van der Waals surface area (Å²) in [7, 11) is 0. The van der Waals surface area contributed by atoms with Crippen molar-refractivity contribution in [2.75, 3.05) is 19.8 Å². The van der Waals surface area contributed by atoms with Gasteiger partial charge < -0.3 is 18.9 Å². The van der Waals surface area contributed by atoms with Crippen LogP contribution in [0.25, 0.3) is 6.08 Å². The van der Waals surface area contributed by atoms with E-state index in [0.717, 1.165) is 16.9 Å². The molecule has 0 saturated carbocycles. The van der Waals surface area contributed by atoms with Gasteiger partial charge in [0.25, 0.3) is 11.8 Å². The fourth-order valence-corrected chi connectivity index (χ4v) is 4.74. The molecule has 1 N–H and O–H groups in total. The largest absolute Gasteiger partial charge is 0.490 e. The Labute approximate surface area is 260 Å². The third-order valence-electron chi connectivity index (χ3n) is 6.27. The van der Waals surface area contributed by atoms with Gasteiger partial charge in [0, 0.05) is 10.6 Å². The molecule has 0 aliphatic carbocycles. The van der Waals surface area contributed by atoms with Crippen molar-refractivity contribution in [3.05, 3.63) is 86.9 Å². The van der Waals surface area contributed by atoms with Gasteiger partial charge in [-0.15, -0.1) is 0 Å². The van der Waals surface area contributed by atoms with Gasteiger partial charge in [0.05, 0.1) is 31.4 Å². The van der Waals surface area contributed by atoms with Gasteiger partial charge >= 0.3 is 6.03 Å². The molecule has 1 heterocycles. The van der Waals surface area contributed by atoms with Gasteiger partial charge in [-0.25, -0.2) is 4.79 Å². The van der Waals surface area contributed by atoms with Crippen molar-refractivity contribution in [1.29, 1.82) is 0 Å². The zero-order chi connectivity index (χ0) is 30.9. The van der Waals surface area contributed by atoms with Crippen LogP contribution in [0.2, 0.25) is 10.0 Å². The molecule has 0 radical (unpaired) electrons. The predicted octanol–water partition coefficient (Wildman–Crippen LogP) is 6.82. The third-order valence-corrected chi connectivity index (χ3v) is 6.92. The summed E-state index contributed by atoms with van der Waals surface area (Å²) < 4.78 is 23.1. The molecule has 1 aliphatic rings. The van der Waals surface area contributed by atoms with E-state index in [1.165, 1.54) is 6.08 Å².